The molecule has 0 aliphatic carbocycles. The van der Waals surface area contributed by atoms with E-state index in [1.165, 1.54) is 5.56 Å². The van der Waals surface area contributed by atoms with Gasteiger partial charge in [0, 0.05) is 4.43 Å². The molecule has 0 aliphatic rings. The fraction of sp³-hybridized carbons (Fsp3) is 0.400. The van der Waals surface area contributed by atoms with Crippen molar-refractivity contribution in [2.75, 3.05) is 0 Å². The van der Waals surface area contributed by atoms with Crippen LogP contribution in [-0.4, -0.2) is 5.11 Å². The highest BCUT2D eigenvalue weighted by molar-refractivity contribution is 14.1. The molecule has 0 radical (unpaired) electrons. The summed E-state index contributed by atoms with van der Waals surface area (Å²) in [7, 11) is 0. The average Bonchev–Trinajstić information content (AvgIpc) is 2.05. The van der Waals surface area contributed by atoms with Gasteiger partial charge in [0.2, 0.25) is 0 Å². The quantitative estimate of drug-likeness (QED) is 0.648. The van der Waals surface area contributed by atoms with Gasteiger partial charge >= 0.3 is 0 Å². The van der Waals surface area contributed by atoms with E-state index in [0.717, 1.165) is 9.99 Å². The van der Waals surface area contributed by atoms with E-state index in [9.17, 15) is 5.11 Å². The first-order valence-corrected chi connectivity index (χ1v) is 5.55. The van der Waals surface area contributed by atoms with E-state index in [2.05, 4.69) is 42.5 Å². The summed E-state index contributed by atoms with van der Waals surface area (Å²) in [6, 6.07) is 5.82. The van der Waals surface area contributed by atoms with Crippen LogP contribution in [0.1, 0.15) is 30.9 Å². The smallest absolute Gasteiger partial charge is 0.119 e. The second kappa shape index (κ2) is 4.12. The predicted molar refractivity (Wildman–Crippen MR) is 59.9 cm³/mol. The van der Waals surface area contributed by atoms with E-state index in [-0.39, 0.29) is 0 Å². The SMILES string of the molecule is CC(C)c1cc(CI)ccc1O. The van der Waals surface area contributed by atoms with Crippen LogP contribution in [0.2, 0.25) is 0 Å². The van der Waals surface area contributed by atoms with Crippen molar-refractivity contribution in [3.63, 3.8) is 0 Å². The molecule has 0 unspecified atom stereocenters. The summed E-state index contributed by atoms with van der Waals surface area (Å²) in [4.78, 5) is 0. The Morgan fingerprint density at radius 3 is 2.58 bits per heavy atom. The Balaban J connectivity index is 3.08. The van der Waals surface area contributed by atoms with Crippen molar-refractivity contribution in [2.45, 2.75) is 24.2 Å². The summed E-state index contributed by atoms with van der Waals surface area (Å²) in [5, 5.41) is 9.50. The van der Waals surface area contributed by atoms with E-state index in [0.29, 0.717) is 11.7 Å². The molecule has 0 aliphatic heterocycles. The van der Waals surface area contributed by atoms with Gasteiger partial charge in [-0.1, -0.05) is 48.6 Å². The molecule has 0 atom stereocenters. The standard InChI is InChI=1S/C10H13IO/c1-7(2)9-5-8(6-11)3-4-10(9)12/h3-5,7,12H,6H2,1-2H3. The topological polar surface area (TPSA) is 20.2 Å². The Labute approximate surface area is 86.9 Å². The van der Waals surface area contributed by atoms with Crippen molar-refractivity contribution >= 4 is 22.6 Å². The molecule has 1 aromatic carbocycles. The van der Waals surface area contributed by atoms with Crippen LogP contribution in [0.4, 0.5) is 0 Å². The minimum atomic E-state index is 0.396. The molecule has 12 heavy (non-hydrogen) atoms. The maximum atomic E-state index is 9.50. The molecule has 0 spiro atoms. The number of hydrogen-bond acceptors (Lipinski definition) is 1. The van der Waals surface area contributed by atoms with Gasteiger partial charge in [-0.15, -0.1) is 0 Å². The molecule has 0 heterocycles. The fourth-order valence-corrected chi connectivity index (χ4v) is 1.62. The van der Waals surface area contributed by atoms with Gasteiger partial charge in [0.1, 0.15) is 5.75 Å². The molecule has 0 bridgehead atoms. The van der Waals surface area contributed by atoms with Crippen molar-refractivity contribution in [3.8, 4) is 5.75 Å². The van der Waals surface area contributed by atoms with Crippen molar-refractivity contribution in [1.82, 2.24) is 0 Å². The molecule has 0 saturated heterocycles. The van der Waals surface area contributed by atoms with E-state index >= 15 is 0 Å². The monoisotopic (exact) mass is 276 g/mol. The van der Waals surface area contributed by atoms with Crippen molar-refractivity contribution in [3.05, 3.63) is 29.3 Å². The Morgan fingerprint density at radius 2 is 2.08 bits per heavy atom. The summed E-state index contributed by atoms with van der Waals surface area (Å²) in [5.41, 5.74) is 2.32. The zero-order valence-corrected chi connectivity index (χ0v) is 9.50. The number of aromatic hydroxyl groups is 1. The predicted octanol–water partition coefficient (Wildman–Crippen LogP) is 3.45. The third-order valence-electron chi connectivity index (χ3n) is 1.87. The van der Waals surface area contributed by atoms with Gasteiger partial charge in [-0.05, 0) is 23.1 Å². The average molecular weight is 276 g/mol. The number of phenols is 1. The van der Waals surface area contributed by atoms with Crippen LogP contribution >= 0.6 is 22.6 Å². The van der Waals surface area contributed by atoms with Crippen LogP contribution in [0.3, 0.4) is 0 Å². The van der Waals surface area contributed by atoms with Crippen LogP contribution in [0.25, 0.3) is 0 Å². The molecule has 66 valence electrons. The summed E-state index contributed by atoms with van der Waals surface area (Å²) < 4.78 is 0.998. The Hall–Kier alpha value is -0.250. The van der Waals surface area contributed by atoms with Gasteiger partial charge in [0.15, 0.2) is 0 Å². The molecule has 0 fully saturated rings. The molecule has 0 aromatic heterocycles. The van der Waals surface area contributed by atoms with Gasteiger partial charge in [-0.3, -0.25) is 0 Å². The Bertz CT molecular complexity index is 269. The van der Waals surface area contributed by atoms with E-state index in [4.69, 9.17) is 0 Å². The zero-order valence-electron chi connectivity index (χ0n) is 7.34. The third kappa shape index (κ3) is 2.12. The first-order valence-electron chi connectivity index (χ1n) is 4.03. The van der Waals surface area contributed by atoms with Gasteiger partial charge in [0.05, 0.1) is 0 Å². The summed E-state index contributed by atoms with van der Waals surface area (Å²) in [5.74, 6) is 0.812. The lowest BCUT2D eigenvalue weighted by Gasteiger charge is -2.09. The van der Waals surface area contributed by atoms with E-state index in [1.54, 1.807) is 6.07 Å². The van der Waals surface area contributed by atoms with Crippen LogP contribution in [0.15, 0.2) is 18.2 Å². The van der Waals surface area contributed by atoms with Gasteiger partial charge in [-0.25, -0.2) is 0 Å². The first kappa shape index (κ1) is 9.84. The number of benzene rings is 1. The lowest BCUT2D eigenvalue weighted by molar-refractivity contribution is 0.464. The molecule has 1 nitrogen and oxygen atoms in total. The largest absolute Gasteiger partial charge is 0.508 e. The molecule has 1 rings (SSSR count). The molecule has 1 aromatic rings. The summed E-state index contributed by atoms with van der Waals surface area (Å²) in [6.07, 6.45) is 0. The molecule has 1 N–H and O–H groups in total. The zero-order chi connectivity index (χ0) is 9.14. The van der Waals surface area contributed by atoms with Crippen molar-refractivity contribution < 1.29 is 5.11 Å². The Kier molecular flexibility index (Phi) is 3.38. The summed E-state index contributed by atoms with van der Waals surface area (Å²) in [6.45, 7) is 4.18. The minimum absolute atomic E-state index is 0.396. The highest BCUT2D eigenvalue weighted by Crippen LogP contribution is 2.26. The summed E-state index contributed by atoms with van der Waals surface area (Å²) >= 11 is 2.32. The molecule has 0 saturated carbocycles. The molecule has 2 heteroatoms. The van der Waals surface area contributed by atoms with Gasteiger partial charge in [-0.2, -0.15) is 0 Å². The van der Waals surface area contributed by atoms with Crippen LogP contribution < -0.4 is 0 Å². The first-order chi connectivity index (χ1) is 5.65. The molecule has 0 amide bonds. The fourth-order valence-electron chi connectivity index (χ4n) is 1.15. The second-order valence-corrected chi connectivity index (χ2v) is 3.94. The lowest BCUT2D eigenvalue weighted by atomic mass is 10.0. The minimum Gasteiger partial charge on any atom is -0.508 e. The van der Waals surface area contributed by atoms with Crippen molar-refractivity contribution in [2.24, 2.45) is 0 Å². The second-order valence-electron chi connectivity index (χ2n) is 3.18. The van der Waals surface area contributed by atoms with E-state index < -0.39 is 0 Å². The number of rotatable bonds is 2. The number of alkyl halides is 1. The van der Waals surface area contributed by atoms with Gasteiger partial charge in [0.25, 0.3) is 0 Å². The normalized spacial score (nSPS) is 10.7. The maximum Gasteiger partial charge on any atom is 0.119 e. The lowest BCUT2D eigenvalue weighted by Crippen LogP contribution is -1.89. The molecular formula is C10H13IO. The van der Waals surface area contributed by atoms with Crippen LogP contribution in [-0.2, 0) is 4.43 Å². The molecular weight excluding hydrogens is 263 g/mol. The number of halogens is 1. The highest BCUT2D eigenvalue weighted by Gasteiger charge is 2.05. The van der Waals surface area contributed by atoms with Gasteiger partial charge < -0.3 is 5.11 Å². The van der Waals surface area contributed by atoms with Crippen molar-refractivity contribution in [1.29, 1.82) is 0 Å². The highest BCUT2D eigenvalue weighted by atomic mass is 127. The van der Waals surface area contributed by atoms with Crippen LogP contribution in [0, 0.1) is 0 Å². The maximum absolute atomic E-state index is 9.50. The third-order valence-corrected chi connectivity index (χ3v) is 2.75. The Morgan fingerprint density at radius 1 is 1.42 bits per heavy atom. The number of hydrogen-bond donors (Lipinski definition) is 1. The number of phenolic OH excluding ortho intramolecular Hbond substituents is 1. The van der Waals surface area contributed by atoms with Crippen LogP contribution in [0.5, 0.6) is 5.75 Å². The van der Waals surface area contributed by atoms with E-state index in [1.807, 2.05) is 6.07 Å².